The molecule has 33 heavy (non-hydrogen) atoms. The van der Waals surface area contributed by atoms with E-state index in [1.54, 1.807) is 38.1 Å². The van der Waals surface area contributed by atoms with Crippen molar-refractivity contribution < 1.29 is 32.3 Å². The molecule has 1 unspecified atom stereocenters. The maximum atomic E-state index is 13.1. The third kappa shape index (κ3) is 4.85. The number of benzene rings is 2. The van der Waals surface area contributed by atoms with Crippen molar-refractivity contribution in [3.8, 4) is 0 Å². The van der Waals surface area contributed by atoms with Gasteiger partial charge in [0.15, 0.2) is 0 Å². The van der Waals surface area contributed by atoms with Crippen LogP contribution in [0.4, 0.5) is 23.7 Å². The molecule has 2 aromatic carbocycles. The van der Waals surface area contributed by atoms with Gasteiger partial charge >= 0.3 is 18.2 Å². The summed E-state index contributed by atoms with van der Waals surface area (Å²) in [7, 11) is 0. The second-order valence-electron chi connectivity index (χ2n) is 7.37. The number of anilines is 1. The van der Waals surface area contributed by atoms with Crippen LogP contribution in [0.1, 0.15) is 25.0 Å². The van der Waals surface area contributed by atoms with Crippen molar-refractivity contribution in [1.82, 2.24) is 5.01 Å². The lowest BCUT2D eigenvalue weighted by atomic mass is 9.82. The number of hydrogen-bond acceptors (Lipinski definition) is 5. The van der Waals surface area contributed by atoms with E-state index >= 15 is 0 Å². The molecule has 0 bridgehead atoms. The number of alkyl halides is 3. The molecule has 0 saturated carbocycles. The topological polar surface area (TPSA) is 79.3 Å². The van der Waals surface area contributed by atoms with Crippen LogP contribution in [0.5, 0.6) is 0 Å². The summed E-state index contributed by atoms with van der Waals surface area (Å²) in [4.78, 5) is 38.1. The highest BCUT2D eigenvalue weighted by Crippen LogP contribution is 2.35. The minimum Gasteiger partial charge on any atom is -0.465 e. The van der Waals surface area contributed by atoms with Gasteiger partial charge in [-0.15, -0.1) is 0 Å². The lowest BCUT2D eigenvalue weighted by Crippen LogP contribution is -2.45. The molecule has 1 aliphatic heterocycles. The van der Waals surface area contributed by atoms with Crippen LogP contribution in [0.2, 0.25) is 5.02 Å². The minimum atomic E-state index is -4.57. The first-order valence-corrected chi connectivity index (χ1v) is 10.1. The van der Waals surface area contributed by atoms with E-state index in [2.05, 4.69) is 5.10 Å². The third-order valence-electron chi connectivity index (χ3n) is 5.06. The first kappa shape index (κ1) is 24.2. The van der Waals surface area contributed by atoms with Crippen molar-refractivity contribution in [2.75, 3.05) is 18.1 Å². The lowest BCUT2D eigenvalue weighted by Gasteiger charge is -2.25. The van der Waals surface area contributed by atoms with Gasteiger partial charge in [-0.3, -0.25) is 9.59 Å². The molecular formula is C22H19ClF3N3O4. The number of halogens is 4. The second-order valence-corrected chi connectivity index (χ2v) is 7.80. The Morgan fingerprint density at radius 3 is 2.30 bits per heavy atom. The number of carbonyl (C=O) groups is 3. The maximum Gasteiger partial charge on any atom is 0.416 e. The number of carbonyl (C=O) groups excluding carboxylic acids is 3. The quantitative estimate of drug-likeness (QED) is 0.457. The lowest BCUT2D eigenvalue weighted by molar-refractivity contribution is -0.150. The molecule has 174 valence electrons. The molecule has 0 N–H and O–H groups in total. The second kappa shape index (κ2) is 9.22. The van der Waals surface area contributed by atoms with Gasteiger partial charge in [0.2, 0.25) is 6.41 Å². The van der Waals surface area contributed by atoms with Crippen LogP contribution in [-0.2, 0) is 20.5 Å². The Bertz CT molecular complexity index is 1090. The zero-order valence-corrected chi connectivity index (χ0v) is 18.4. The molecule has 0 fully saturated rings. The molecule has 7 nitrogen and oxygen atoms in total. The molecule has 1 heterocycles. The molecule has 0 aromatic heterocycles. The first-order chi connectivity index (χ1) is 15.5. The van der Waals surface area contributed by atoms with Gasteiger partial charge in [-0.25, -0.2) is 14.7 Å². The van der Waals surface area contributed by atoms with Crippen LogP contribution in [-0.4, -0.2) is 42.3 Å². The van der Waals surface area contributed by atoms with E-state index in [-0.39, 0.29) is 31.0 Å². The fourth-order valence-corrected chi connectivity index (χ4v) is 3.46. The Kier molecular flexibility index (Phi) is 6.78. The Morgan fingerprint density at radius 2 is 1.79 bits per heavy atom. The Labute approximate surface area is 192 Å². The van der Waals surface area contributed by atoms with Crippen molar-refractivity contribution in [2.45, 2.75) is 20.0 Å². The average molecular weight is 482 g/mol. The normalized spacial score (nSPS) is 18.0. The van der Waals surface area contributed by atoms with E-state index in [9.17, 15) is 27.6 Å². The zero-order chi connectivity index (χ0) is 24.4. The monoisotopic (exact) mass is 481 g/mol. The van der Waals surface area contributed by atoms with Gasteiger partial charge in [-0.1, -0.05) is 23.7 Å². The van der Waals surface area contributed by atoms with Crippen molar-refractivity contribution in [1.29, 1.82) is 0 Å². The summed E-state index contributed by atoms with van der Waals surface area (Å²) in [5, 5.41) is 5.64. The fourth-order valence-electron chi connectivity index (χ4n) is 3.34. The highest BCUT2D eigenvalue weighted by atomic mass is 35.5. The number of nitrogens with zero attached hydrogens (tertiary/aromatic N) is 3. The third-order valence-corrected chi connectivity index (χ3v) is 5.31. The standard InChI is InChI=1S/C22H19ClF3N3O4/c1-3-33-19(31)21(2)12-29(27-18(21)14-4-8-16(23)9-5-14)20(32)28(13-30)17-10-6-15(7-11-17)22(24,25)26/h4-11,13H,3,12H2,1-2H3. The zero-order valence-electron chi connectivity index (χ0n) is 17.6. The summed E-state index contributed by atoms with van der Waals surface area (Å²) in [5.74, 6) is -0.624. The van der Waals surface area contributed by atoms with E-state index in [0.29, 0.717) is 15.5 Å². The molecule has 3 rings (SSSR count). The van der Waals surface area contributed by atoms with Crippen LogP contribution in [0.25, 0.3) is 0 Å². The smallest absolute Gasteiger partial charge is 0.416 e. The van der Waals surface area contributed by atoms with Crippen LogP contribution < -0.4 is 4.90 Å². The van der Waals surface area contributed by atoms with E-state index in [1.165, 1.54) is 0 Å². The van der Waals surface area contributed by atoms with Gasteiger partial charge < -0.3 is 4.74 Å². The molecule has 0 saturated heterocycles. The molecule has 0 radical (unpaired) electrons. The highest BCUT2D eigenvalue weighted by Gasteiger charge is 2.49. The summed E-state index contributed by atoms with van der Waals surface area (Å²) < 4.78 is 43.7. The van der Waals surface area contributed by atoms with Gasteiger partial charge in [0, 0.05) is 5.02 Å². The van der Waals surface area contributed by atoms with Crippen LogP contribution in [0.15, 0.2) is 53.6 Å². The SMILES string of the molecule is CCOC(=O)C1(C)CN(C(=O)N(C=O)c2ccc(C(F)(F)F)cc2)N=C1c1ccc(Cl)cc1. The van der Waals surface area contributed by atoms with Crippen molar-refractivity contribution in [3.05, 3.63) is 64.7 Å². The van der Waals surface area contributed by atoms with E-state index in [0.717, 1.165) is 29.3 Å². The molecule has 0 aliphatic carbocycles. The number of hydrazone groups is 1. The summed E-state index contributed by atoms with van der Waals surface area (Å²) in [6.07, 6.45) is -4.40. The van der Waals surface area contributed by atoms with Crippen LogP contribution >= 0.6 is 11.6 Å². The molecule has 3 amide bonds. The predicted octanol–water partition coefficient (Wildman–Crippen LogP) is 4.73. The summed E-state index contributed by atoms with van der Waals surface area (Å²) in [6, 6.07) is 9.01. The highest BCUT2D eigenvalue weighted by molar-refractivity contribution is 6.30. The van der Waals surface area contributed by atoms with Gasteiger partial charge in [-0.05, 0) is 55.8 Å². The number of amides is 3. The fraction of sp³-hybridized carbons (Fsp3) is 0.273. The molecule has 1 atom stereocenters. The molecule has 2 aromatic rings. The maximum absolute atomic E-state index is 13.1. The van der Waals surface area contributed by atoms with Gasteiger partial charge in [0.25, 0.3) is 0 Å². The van der Waals surface area contributed by atoms with Crippen molar-refractivity contribution in [3.63, 3.8) is 0 Å². The number of rotatable bonds is 5. The predicted molar refractivity (Wildman–Crippen MR) is 115 cm³/mol. The summed E-state index contributed by atoms with van der Waals surface area (Å²) >= 11 is 5.94. The Morgan fingerprint density at radius 1 is 1.18 bits per heavy atom. The average Bonchev–Trinajstić information content (AvgIpc) is 3.13. The Balaban J connectivity index is 1.96. The van der Waals surface area contributed by atoms with Gasteiger partial charge in [0.1, 0.15) is 5.41 Å². The van der Waals surface area contributed by atoms with Gasteiger partial charge in [0.05, 0.1) is 30.1 Å². The Hall–Kier alpha value is -3.40. The van der Waals surface area contributed by atoms with Crippen molar-refractivity contribution in [2.24, 2.45) is 10.5 Å². The summed E-state index contributed by atoms with van der Waals surface area (Å²) in [5.41, 5.74) is -1.63. The van der Waals surface area contributed by atoms with E-state index in [4.69, 9.17) is 16.3 Å². The van der Waals surface area contributed by atoms with E-state index in [1.807, 2.05) is 0 Å². The number of urea groups is 1. The number of hydrogen-bond donors (Lipinski definition) is 0. The first-order valence-electron chi connectivity index (χ1n) is 9.76. The minimum absolute atomic E-state index is 0.0871. The van der Waals surface area contributed by atoms with E-state index < -0.39 is 29.2 Å². The largest absolute Gasteiger partial charge is 0.465 e. The van der Waals surface area contributed by atoms with Crippen molar-refractivity contribution >= 4 is 41.4 Å². The van der Waals surface area contributed by atoms with Crippen LogP contribution in [0, 0.1) is 5.41 Å². The number of esters is 1. The number of ether oxygens (including phenoxy) is 1. The molecule has 1 aliphatic rings. The molecular weight excluding hydrogens is 463 g/mol. The van der Waals surface area contributed by atoms with Gasteiger partial charge in [-0.2, -0.15) is 18.3 Å². The number of imide groups is 1. The molecule has 11 heteroatoms. The van der Waals surface area contributed by atoms with Crippen LogP contribution in [0.3, 0.4) is 0 Å². The molecule has 0 spiro atoms. The summed E-state index contributed by atoms with van der Waals surface area (Å²) in [6.45, 7) is 3.04.